The van der Waals surface area contributed by atoms with Crippen molar-refractivity contribution < 1.29 is 34.3 Å². The number of fused-ring (bicyclic) bond motifs is 2. The highest BCUT2D eigenvalue weighted by Crippen LogP contribution is 2.25. The predicted octanol–water partition coefficient (Wildman–Crippen LogP) is 7.04. The molecule has 0 amide bonds. The Hall–Kier alpha value is -6.28. The van der Waals surface area contributed by atoms with Gasteiger partial charge in [-0.15, -0.1) is 5.10 Å². The largest absolute Gasteiger partial charge is 0.446 e. The zero-order valence-corrected chi connectivity index (χ0v) is 35.2. The molecule has 3 heterocycles. The third-order valence-electron chi connectivity index (χ3n) is 10.3. The molecule has 17 nitrogen and oxygen atoms in total. The third-order valence-corrected chi connectivity index (χ3v) is 11.1. The Kier molecular flexibility index (Phi) is 13.9. The van der Waals surface area contributed by atoms with Gasteiger partial charge in [-0.2, -0.15) is 16.8 Å². The molecule has 0 bridgehead atoms. The second kappa shape index (κ2) is 19.6. The quantitative estimate of drug-likeness (QED) is 0.0545. The van der Waals surface area contributed by atoms with Crippen LogP contribution in [0.5, 0.6) is 11.5 Å². The predicted molar refractivity (Wildman–Crippen MR) is 233 cm³/mol. The van der Waals surface area contributed by atoms with Crippen molar-refractivity contribution in [3.8, 4) is 34.3 Å². The zero-order chi connectivity index (χ0) is 43.7. The molecule has 0 unspecified atom stereocenters. The molecule has 7 rings (SSSR count). The molecule has 0 saturated carbocycles. The lowest BCUT2D eigenvalue weighted by atomic mass is 10.1. The van der Waals surface area contributed by atoms with Crippen molar-refractivity contribution in [2.45, 2.75) is 83.8 Å². The number of para-hydroxylation sites is 2. The van der Waals surface area contributed by atoms with Crippen LogP contribution < -0.4 is 19.5 Å². The number of rotatable bonds is 21. The van der Waals surface area contributed by atoms with Gasteiger partial charge in [-0.3, -0.25) is 32.5 Å². The molecule has 0 spiro atoms. The fraction of sp³-hybridized carbons (Fsp3) is 0.302. The van der Waals surface area contributed by atoms with Gasteiger partial charge in [-0.05, 0) is 85.6 Å². The normalized spacial score (nSPS) is 12.0. The van der Waals surface area contributed by atoms with E-state index < -0.39 is 20.8 Å². The number of aromatic nitrogens is 7. The number of unbranched alkanes of at least 4 members (excludes halogenated alkanes) is 9. The van der Waals surface area contributed by atoms with E-state index >= 15 is 0 Å². The summed E-state index contributed by atoms with van der Waals surface area (Å²) in [5.41, 5.74) is 2.40. The second-order valence-corrected chi connectivity index (χ2v) is 16.9. The van der Waals surface area contributed by atoms with Gasteiger partial charge in [0, 0.05) is 24.2 Å². The van der Waals surface area contributed by atoms with Gasteiger partial charge in [0.2, 0.25) is 0 Å². The maximum atomic E-state index is 13.7. The molecular formula is C43H45N7O10S2. The van der Waals surface area contributed by atoms with E-state index in [1.54, 1.807) is 76.0 Å². The van der Waals surface area contributed by atoms with Crippen LogP contribution in [0.4, 0.5) is 0 Å². The smallest absolute Gasteiger partial charge is 0.362 e. The van der Waals surface area contributed by atoms with Gasteiger partial charge in [0.15, 0.2) is 0 Å². The number of hydrogen-bond acceptors (Lipinski definition) is 12. The summed E-state index contributed by atoms with van der Waals surface area (Å²) < 4.78 is 76.5. The van der Waals surface area contributed by atoms with Gasteiger partial charge in [0.1, 0.15) is 28.8 Å². The molecule has 0 aliphatic heterocycles. The summed E-state index contributed by atoms with van der Waals surface area (Å²) in [4.78, 5) is 36.7. The van der Waals surface area contributed by atoms with Crippen LogP contribution in [0.3, 0.4) is 0 Å². The fourth-order valence-corrected chi connectivity index (χ4v) is 8.04. The van der Waals surface area contributed by atoms with Gasteiger partial charge in [-0.25, -0.2) is 9.97 Å². The zero-order valence-electron chi connectivity index (χ0n) is 33.6. The molecule has 0 aliphatic carbocycles. The Morgan fingerprint density at radius 2 is 0.935 bits per heavy atom. The highest BCUT2D eigenvalue weighted by Gasteiger charge is 2.17. The van der Waals surface area contributed by atoms with Crippen molar-refractivity contribution in [3.05, 3.63) is 130 Å². The van der Waals surface area contributed by atoms with E-state index in [0.717, 1.165) is 64.2 Å². The first-order valence-corrected chi connectivity index (χ1v) is 23.0. The second-order valence-electron chi connectivity index (χ2n) is 14.8. The van der Waals surface area contributed by atoms with E-state index in [2.05, 4.69) is 18.7 Å². The van der Waals surface area contributed by atoms with Crippen LogP contribution >= 0.6 is 0 Å². The molecule has 0 radical (unpaired) electrons. The molecule has 0 fully saturated rings. The first-order valence-electron chi connectivity index (χ1n) is 20.2. The Labute approximate surface area is 357 Å². The average Bonchev–Trinajstić information content (AvgIpc) is 3.69. The van der Waals surface area contributed by atoms with Gasteiger partial charge >= 0.3 is 20.8 Å². The number of hydrogen-bond donors (Lipinski definition) is 2. The molecule has 324 valence electrons. The molecule has 19 heteroatoms. The van der Waals surface area contributed by atoms with Crippen LogP contribution in [-0.2, 0) is 40.4 Å². The van der Waals surface area contributed by atoms with Crippen molar-refractivity contribution >= 4 is 42.6 Å². The van der Waals surface area contributed by atoms with E-state index in [9.17, 15) is 26.4 Å². The van der Waals surface area contributed by atoms with Gasteiger partial charge in [0.05, 0.1) is 34.5 Å². The third kappa shape index (κ3) is 11.5. The van der Waals surface area contributed by atoms with Crippen LogP contribution in [0.15, 0.2) is 113 Å². The van der Waals surface area contributed by atoms with Crippen molar-refractivity contribution in [2.75, 3.05) is 0 Å². The molecule has 2 N–H and O–H groups in total. The van der Waals surface area contributed by atoms with Crippen LogP contribution in [0.2, 0.25) is 0 Å². The van der Waals surface area contributed by atoms with Crippen LogP contribution in [-0.4, -0.2) is 60.0 Å². The summed E-state index contributed by atoms with van der Waals surface area (Å²) in [6.07, 6.45) is 12.2. The van der Waals surface area contributed by atoms with Gasteiger partial charge < -0.3 is 8.37 Å². The lowest BCUT2D eigenvalue weighted by Gasteiger charge is -2.14. The minimum Gasteiger partial charge on any atom is -0.362 e. The number of aryl methyl sites for hydroxylation is 1. The minimum absolute atomic E-state index is 0.0561. The lowest BCUT2D eigenvalue weighted by Crippen LogP contribution is -2.24. The Balaban J connectivity index is 0.842. The first kappa shape index (κ1) is 43.8. The summed E-state index contributed by atoms with van der Waals surface area (Å²) in [6.45, 7) is 1.28. The Bertz CT molecular complexity index is 3010. The molecule has 4 aromatic carbocycles. The molecular weight excluding hydrogens is 839 g/mol. The highest BCUT2D eigenvalue weighted by molar-refractivity contribution is 7.81. The van der Waals surface area contributed by atoms with Crippen LogP contribution in [0.1, 0.15) is 69.9 Å². The number of benzene rings is 4. The van der Waals surface area contributed by atoms with Crippen molar-refractivity contribution in [2.24, 2.45) is 0 Å². The lowest BCUT2D eigenvalue weighted by molar-refractivity contribution is 0.384. The van der Waals surface area contributed by atoms with Crippen LogP contribution in [0.25, 0.3) is 44.6 Å². The van der Waals surface area contributed by atoms with E-state index in [0.29, 0.717) is 63.4 Å². The summed E-state index contributed by atoms with van der Waals surface area (Å²) >= 11 is 0. The Morgan fingerprint density at radius 3 is 1.42 bits per heavy atom. The molecule has 0 aliphatic rings. The van der Waals surface area contributed by atoms with Gasteiger partial charge in [0.25, 0.3) is 11.1 Å². The maximum absolute atomic E-state index is 13.7. The van der Waals surface area contributed by atoms with E-state index in [-0.39, 0.29) is 29.2 Å². The molecule has 7 aromatic rings. The fourth-order valence-electron chi connectivity index (χ4n) is 7.33. The molecule has 0 saturated heterocycles. The summed E-state index contributed by atoms with van der Waals surface area (Å²) in [7, 11) is -9.35. The minimum atomic E-state index is -4.69. The summed E-state index contributed by atoms with van der Waals surface area (Å²) in [6, 6.07) is 26.0. The van der Waals surface area contributed by atoms with Crippen LogP contribution in [0, 0.1) is 0 Å². The summed E-state index contributed by atoms with van der Waals surface area (Å²) in [5.74, 6) is 0.679. The maximum Gasteiger partial charge on any atom is 0.446 e. The topological polar surface area (TPSA) is 228 Å². The SMILES string of the molecule is O=c1c2ccccc2nc(-c2ccc(OS(=O)(=O)O)cc2)n1CCCCCCCCCCCCn1cc(Cn2c(-c3ccc(OS(=O)(=O)O)cc3)nc3ccccc3c2=O)nn1. The van der Waals surface area contributed by atoms with E-state index in [1.165, 1.54) is 28.8 Å². The van der Waals surface area contributed by atoms with Crippen molar-refractivity contribution in [1.82, 2.24) is 34.1 Å². The summed E-state index contributed by atoms with van der Waals surface area (Å²) in [5, 5.41) is 9.57. The number of nitrogens with zero attached hydrogens (tertiary/aromatic N) is 7. The van der Waals surface area contributed by atoms with Crippen molar-refractivity contribution in [1.29, 1.82) is 0 Å². The average molecular weight is 884 g/mol. The monoisotopic (exact) mass is 883 g/mol. The standard InChI is InChI=1S/C43H45N7O10S2/c51-42-36-15-9-11-17-38(36)44-40(31-19-23-34(24-20-31)59-61(53,54)55)49(42)28-14-8-6-4-2-1-3-5-7-13-27-48-29-33(46-47-48)30-50-41(45-39-18-12-10-16-37(39)43(50)52)32-21-25-35(26-22-32)60-62(56,57)58/h9-12,15-26,29H,1-8,13-14,27-28,30H2,(H,53,54,55)(H,56,57,58). The Morgan fingerprint density at radius 1 is 0.516 bits per heavy atom. The molecule has 62 heavy (non-hydrogen) atoms. The van der Waals surface area contributed by atoms with Crippen molar-refractivity contribution in [3.63, 3.8) is 0 Å². The van der Waals surface area contributed by atoms with E-state index in [4.69, 9.17) is 19.1 Å². The molecule has 0 atom stereocenters. The van der Waals surface area contributed by atoms with Gasteiger partial charge in [-0.1, -0.05) is 80.8 Å². The molecule has 3 aromatic heterocycles. The van der Waals surface area contributed by atoms with E-state index in [1.807, 2.05) is 12.3 Å². The first-order chi connectivity index (χ1) is 29.8. The highest BCUT2D eigenvalue weighted by atomic mass is 32.3.